The van der Waals surface area contributed by atoms with Crippen molar-refractivity contribution < 1.29 is 32.4 Å². The van der Waals surface area contributed by atoms with Gasteiger partial charge in [0, 0.05) is 21.9 Å². The van der Waals surface area contributed by atoms with Gasteiger partial charge in [0.2, 0.25) is 0 Å². The molecule has 1 aromatic heterocycles. The average molecular weight is 499 g/mol. The van der Waals surface area contributed by atoms with E-state index in [-0.39, 0.29) is 11.1 Å². The van der Waals surface area contributed by atoms with Gasteiger partial charge in [0.1, 0.15) is 20.0 Å². The number of rotatable bonds is 6. The summed E-state index contributed by atoms with van der Waals surface area (Å²) < 4.78 is 42.1. The van der Waals surface area contributed by atoms with Crippen LogP contribution in [0.15, 0.2) is 65.8 Å². The van der Waals surface area contributed by atoms with Crippen molar-refractivity contribution in [3.05, 3.63) is 82.9 Å². The molecule has 3 aromatic carbocycles. The second-order valence-electron chi connectivity index (χ2n) is 7.64. The summed E-state index contributed by atoms with van der Waals surface area (Å²) in [6.45, 7) is 5.51. The molecule has 0 aliphatic carbocycles. The molecule has 188 valence electrons. The van der Waals surface area contributed by atoms with Gasteiger partial charge in [0.25, 0.3) is 0 Å². The Bertz CT molecular complexity index is 1440. The molecule has 4 rings (SSSR count). The molecular formula is C27H25F3N2O4. The largest absolute Gasteiger partial charge is 0.417 e. The van der Waals surface area contributed by atoms with Gasteiger partial charge in [0.15, 0.2) is 5.78 Å². The van der Waals surface area contributed by atoms with Crippen molar-refractivity contribution in [1.82, 2.24) is 4.73 Å². The minimum atomic E-state index is -4.63. The number of carbonyl (C=O) groups excluding carboxylic acids is 2. The molecule has 0 N–H and O–H groups in total. The number of hydrogen-bond acceptors (Lipinski definition) is 5. The number of hydrogen-bond donors (Lipinski definition) is 0. The predicted molar refractivity (Wildman–Crippen MR) is 132 cm³/mol. The Labute approximate surface area is 205 Å². The summed E-state index contributed by atoms with van der Waals surface area (Å²) in [6.07, 6.45) is -3.88. The first kappa shape index (κ1) is 26.5. The monoisotopic (exact) mass is 498 g/mol. The lowest BCUT2D eigenvalue weighted by atomic mass is 9.96. The fraction of sp³-hybridized carbons (Fsp3) is 0.222. The first-order chi connectivity index (χ1) is 17.2. The highest BCUT2D eigenvalue weighted by Crippen LogP contribution is 2.34. The smallest absolute Gasteiger partial charge is 0.414 e. The van der Waals surface area contributed by atoms with Crippen molar-refractivity contribution in [2.45, 2.75) is 26.9 Å². The Morgan fingerprint density at radius 3 is 2.11 bits per heavy atom. The molecule has 0 fully saturated rings. The molecular weight excluding hydrogens is 473 g/mol. The summed E-state index contributed by atoms with van der Waals surface area (Å²) in [5.74, 6) is -0.699. The third-order valence-electron chi connectivity index (χ3n) is 5.36. The molecule has 4 aromatic rings. The molecule has 0 bridgehead atoms. The van der Waals surface area contributed by atoms with Crippen LogP contribution in [0.1, 0.15) is 47.8 Å². The minimum Gasteiger partial charge on any atom is -0.414 e. The highest BCUT2D eigenvalue weighted by molar-refractivity contribution is 6.16. The van der Waals surface area contributed by atoms with Crippen molar-refractivity contribution in [2.75, 3.05) is 13.7 Å². The quantitative estimate of drug-likeness (QED) is 0.140. The fourth-order valence-corrected chi connectivity index (χ4v) is 3.90. The standard InChI is InChI=1S/C25H21F3N2O3.C2H4O/c1-4-33-30-22-11-9-16(15(2)29-32-3)13-19(22)20-14-17(10-12-23(20)30)24(31)18-7-5-6-8-21(18)25(26,27)28;1-2-3/h5-14H,4H2,1-3H3;2H,1H3/b29-15+;. The Kier molecular flexibility index (Phi) is 8.14. The van der Waals surface area contributed by atoms with E-state index in [2.05, 4.69) is 5.16 Å². The molecule has 0 atom stereocenters. The molecule has 0 aliphatic heterocycles. The highest BCUT2D eigenvalue weighted by atomic mass is 19.4. The van der Waals surface area contributed by atoms with Gasteiger partial charge in [-0.25, -0.2) is 0 Å². The predicted octanol–water partition coefficient (Wildman–Crippen LogP) is 6.07. The van der Waals surface area contributed by atoms with Gasteiger partial charge in [-0.15, -0.1) is 0 Å². The lowest BCUT2D eigenvalue weighted by molar-refractivity contribution is -0.137. The van der Waals surface area contributed by atoms with Crippen molar-refractivity contribution in [1.29, 1.82) is 0 Å². The number of fused-ring (bicyclic) bond motifs is 3. The Morgan fingerprint density at radius 2 is 1.56 bits per heavy atom. The topological polar surface area (TPSA) is 69.9 Å². The summed E-state index contributed by atoms with van der Waals surface area (Å²) in [5, 5.41) is 5.42. The first-order valence-corrected chi connectivity index (χ1v) is 11.1. The molecule has 0 amide bonds. The summed E-state index contributed by atoms with van der Waals surface area (Å²) >= 11 is 0. The Hall–Kier alpha value is -4.14. The molecule has 0 spiro atoms. The fourth-order valence-electron chi connectivity index (χ4n) is 3.90. The van der Waals surface area contributed by atoms with E-state index in [1.165, 1.54) is 38.3 Å². The van der Waals surface area contributed by atoms with Gasteiger partial charge in [-0.2, -0.15) is 17.9 Å². The van der Waals surface area contributed by atoms with Crippen LogP contribution >= 0.6 is 0 Å². The van der Waals surface area contributed by atoms with E-state index in [9.17, 15) is 18.0 Å². The van der Waals surface area contributed by atoms with Crippen molar-refractivity contribution in [3.63, 3.8) is 0 Å². The van der Waals surface area contributed by atoms with Crippen LogP contribution in [0.25, 0.3) is 21.8 Å². The maximum Gasteiger partial charge on any atom is 0.417 e. The van der Waals surface area contributed by atoms with Gasteiger partial charge in [-0.1, -0.05) is 29.4 Å². The van der Waals surface area contributed by atoms with Crippen LogP contribution < -0.4 is 4.84 Å². The van der Waals surface area contributed by atoms with Gasteiger partial charge >= 0.3 is 6.18 Å². The number of aldehydes is 1. The summed E-state index contributed by atoms with van der Waals surface area (Å²) in [7, 11) is 1.46. The second kappa shape index (κ2) is 11.1. The summed E-state index contributed by atoms with van der Waals surface area (Å²) in [6, 6.07) is 15.2. The number of oxime groups is 1. The third-order valence-corrected chi connectivity index (χ3v) is 5.36. The van der Waals surface area contributed by atoms with E-state index >= 15 is 0 Å². The zero-order valence-corrected chi connectivity index (χ0v) is 20.2. The van der Waals surface area contributed by atoms with E-state index in [1.807, 2.05) is 25.1 Å². The van der Waals surface area contributed by atoms with Crippen molar-refractivity contribution in [3.8, 4) is 0 Å². The van der Waals surface area contributed by atoms with Gasteiger partial charge in [-0.05, 0) is 62.7 Å². The van der Waals surface area contributed by atoms with E-state index in [0.29, 0.717) is 23.2 Å². The lowest BCUT2D eigenvalue weighted by Gasteiger charge is -2.12. The molecule has 9 heteroatoms. The van der Waals surface area contributed by atoms with Crippen molar-refractivity contribution in [2.24, 2.45) is 5.16 Å². The Balaban J connectivity index is 0.00000115. The number of benzene rings is 3. The van der Waals surface area contributed by atoms with Gasteiger partial charge in [-0.3, -0.25) is 4.79 Å². The van der Waals surface area contributed by atoms with Crippen LogP contribution in [-0.4, -0.2) is 36.2 Å². The number of ketones is 1. The molecule has 0 aliphatic rings. The SMILES string of the molecule is CC=O.CCOn1c2ccc(C(=O)c3ccccc3C(F)(F)F)cc2c2cc(/C(C)=N/OC)ccc21. The second-order valence-corrected chi connectivity index (χ2v) is 7.64. The van der Waals surface area contributed by atoms with Crippen LogP contribution in [0.5, 0.6) is 0 Å². The molecule has 0 unspecified atom stereocenters. The minimum absolute atomic E-state index is 0.155. The van der Waals surface area contributed by atoms with E-state index < -0.39 is 17.5 Å². The molecule has 0 saturated heterocycles. The number of halogens is 3. The number of alkyl halides is 3. The number of carbonyl (C=O) groups is 2. The third kappa shape index (κ3) is 5.25. The maximum atomic E-state index is 13.5. The molecule has 0 radical (unpaired) electrons. The van der Waals surface area contributed by atoms with Crippen LogP contribution in [0, 0.1) is 0 Å². The van der Waals surface area contributed by atoms with E-state index in [4.69, 9.17) is 14.5 Å². The zero-order chi connectivity index (χ0) is 26.5. The molecule has 1 heterocycles. The van der Waals surface area contributed by atoms with Crippen LogP contribution in [0.4, 0.5) is 13.2 Å². The highest BCUT2D eigenvalue weighted by Gasteiger charge is 2.35. The van der Waals surface area contributed by atoms with E-state index in [0.717, 1.165) is 28.8 Å². The normalized spacial score (nSPS) is 11.7. The number of nitrogens with zero attached hydrogens (tertiary/aromatic N) is 2. The average Bonchev–Trinajstić information content (AvgIpc) is 3.16. The van der Waals surface area contributed by atoms with E-state index in [1.54, 1.807) is 23.8 Å². The number of aromatic nitrogens is 1. The van der Waals surface area contributed by atoms with Crippen LogP contribution in [-0.2, 0) is 15.8 Å². The summed E-state index contributed by atoms with van der Waals surface area (Å²) in [4.78, 5) is 32.6. The van der Waals surface area contributed by atoms with Crippen LogP contribution in [0.3, 0.4) is 0 Å². The molecule has 6 nitrogen and oxygen atoms in total. The Morgan fingerprint density at radius 1 is 1.00 bits per heavy atom. The molecule has 0 saturated carbocycles. The van der Waals surface area contributed by atoms with Crippen LogP contribution in [0.2, 0.25) is 0 Å². The van der Waals surface area contributed by atoms with Gasteiger partial charge < -0.3 is 14.5 Å². The maximum absolute atomic E-state index is 13.5. The van der Waals surface area contributed by atoms with Crippen molar-refractivity contribution >= 4 is 39.6 Å². The zero-order valence-electron chi connectivity index (χ0n) is 20.2. The lowest BCUT2D eigenvalue weighted by Crippen LogP contribution is -2.13. The summed E-state index contributed by atoms with van der Waals surface area (Å²) in [5.41, 5.74) is 1.74. The first-order valence-electron chi connectivity index (χ1n) is 11.1. The molecule has 36 heavy (non-hydrogen) atoms. The van der Waals surface area contributed by atoms with Gasteiger partial charge in [0.05, 0.1) is 22.3 Å².